The van der Waals surface area contributed by atoms with Gasteiger partial charge in [-0.3, -0.25) is 0 Å². The Labute approximate surface area is 75.7 Å². The van der Waals surface area contributed by atoms with Crippen LogP contribution < -0.4 is 10.6 Å². The Morgan fingerprint density at radius 1 is 1.62 bits per heavy atom. The summed E-state index contributed by atoms with van der Waals surface area (Å²) in [5.74, 6) is 0.960. The lowest BCUT2D eigenvalue weighted by Gasteiger charge is -2.08. The van der Waals surface area contributed by atoms with Gasteiger partial charge < -0.3 is 15.2 Å². The molecule has 0 aliphatic heterocycles. The van der Waals surface area contributed by atoms with E-state index in [1.807, 2.05) is 0 Å². The highest BCUT2D eigenvalue weighted by atomic mass is 16.5. The van der Waals surface area contributed by atoms with Crippen molar-refractivity contribution >= 4 is 6.03 Å². The number of amides is 2. The molecule has 1 unspecified atom stereocenters. The molecule has 1 aromatic heterocycles. The van der Waals surface area contributed by atoms with Crippen molar-refractivity contribution < 1.29 is 9.32 Å². The molecule has 0 bridgehead atoms. The van der Waals surface area contributed by atoms with Gasteiger partial charge in [-0.25, -0.2) is 4.79 Å². The first-order valence-corrected chi connectivity index (χ1v) is 3.92. The van der Waals surface area contributed by atoms with Gasteiger partial charge in [0.2, 0.25) is 5.89 Å². The Morgan fingerprint density at radius 3 is 2.77 bits per heavy atom. The molecule has 0 aromatic carbocycles. The highest BCUT2D eigenvalue weighted by molar-refractivity contribution is 5.73. The van der Waals surface area contributed by atoms with Crippen molar-refractivity contribution in [3.05, 3.63) is 11.7 Å². The molecule has 1 atom stereocenters. The molecule has 72 valence electrons. The molecule has 0 aliphatic carbocycles. The van der Waals surface area contributed by atoms with Crippen LogP contribution in [-0.4, -0.2) is 23.2 Å². The third kappa shape index (κ3) is 2.43. The van der Waals surface area contributed by atoms with Crippen molar-refractivity contribution in [3.8, 4) is 0 Å². The third-order valence-electron chi connectivity index (χ3n) is 1.51. The molecule has 1 aromatic rings. The molecule has 0 radical (unpaired) electrons. The summed E-state index contributed by atoms with van der Waals surface area (Å²) in [5.41, 5.74) is 0. The van der Waals surface area contributed by atoms with Crippen LogP contribution in [0.4, 0.5) is 4.79 Å². The number of hydrogen-bond acceptors (Lipinski definition) is 4. The lowest BCUT2D eigenvalue weighted by atomic mass is 10.3. The van der Waals surface area contributed by atoms with E-state index in [1.165, 1.54) is 0 Å². The molecule has 1 rings (SSSR count). The molecule has 13 heavy (non-hydrogen) atoms. The summed E-state index contributed by atoms with van der Waals surface area (Å²) in [5, 5.41) is 8.73. The number of urea groups is 1. The zero-order valence-corrected chi connectivity index (χ0v) is 7.79. The maximum Gasteiger partial charge on any atom is 0.315 e. The zero-order valence-electron chi connectivity index (χ0n) is 7.79. The second-order valence-electron chi connectivity index (χ2n) is 2.62. The van der Waals surface area contributed by atoms with Crippen LogP contribution in [0, 0.1) is 6.92 Å². The van der Waals surface area contributed by atoms with E-state index >= 15 is 0 Å². The van der Waals surface area contributed by atoms with E-state index < -0.39 is 0 Å². The highest BCUT2D eigenvalue weighted by Crippen LogP contribution is 2.06. The van der Waals surface area contributed by atoms with Crippen LogP contribution in [0.1, 0.15) is 24.7 Å². The van der Waals surface area contributed by atoms with E-state index in [0.29, 0.717) is 11.7 Å². The largest absolute Gasteiger partial charge is 0.341 e. The zero-order chi connectivity index (χ0) is 9.84. The van der Waals surface area contributed by atoms with Crippen molar-refractivity contribution in [2.75, 3.05) is 7.05 Å². The van der Waals surface area contributed by atoms with Crippen molar-refractivity contribution in [3.63, 3.8) is 0 Å². The Bertz CT molecular complexity index is 296. The van der Waals surface area contributed by atoms with Crippen molar-refractivity contribution in [2.45, 2.75) is 19.9 Å². The quantitative estimate of drug-likeness (QED) is 0.695. The fourth-order valence-corrected chi connectivity index (χ4v) is 0.824. The first-order chi connectivity index (χ1) is 6.13. The van der Waals surface area contributed by atoms with Crippen LogP contribution in [0.2, 0.25) is 0 Å². The Balaban J connectivity index is 2.58. The second-order valence-corrected chi connectivity index (χ2v) is 2.62. The number of carbonyl (C=O) groups excluding carboxylic acids is 1. The lowest BCUT2D eigenvalue weighted by molar-refractivity contribution is 0.239. The van der Waals surface area contributed by atoms with Gasteiger partial charge >= 0.3 is 6.03 Å². The first-order valence-electron chi connectivity index (χ1n) is 3.92. The maximum atomic E-state index is 10.9. The molecule has 6 nitrogen and oxygen atoms in total. The Kier molecular flexibility index (Phi) is 2.84. The summed E-state index contributed by atoms with van der Waals surface area (Å²) in [6, 6.07) is -0.521. The van der Waals surface area contributed by atoms with Crippen molar-refractivity contribution in [1.29, 1.82) is 0 Å². The average molecular weight is 184 g/mol. The Hall–Kier alpha value is -1.59. The van der Waals surface area contributed by atoms with Gasteiger partial charge in [-0.1, -0.05) is 5.16 Å². The molecule has 1 heterocycles. The minimum atomic E-state index is -0.269. The molecule has 0 aliphatic rings. The van der Waals surface area contributed by atoms with E-state index in [0.717, 1.165) is 0 Å². The van der Waals surface area contributed by atoms with Gasteiger partial charge in [-0.15, -0.1) is 0 Å². The van der Waals surface area contributed by atoms with Gasteiger partial charge in [-0.2, -0.15) is 4.98 Å². The molecule has 6 heteroatoms. The number of nitrogens with one attached hydrogen (secondary N) is 2. The Morgan fingerprint density at radius 2 is 2.31 bits per heavy atom. The minimum Gasteiger partial charge on any atom is -0.341 e. The van der Waals surface area contributed by atoms with Crippen molar-refractivity contribution in [2.24, 2.45) is 0 Å². The molecule has 0 fully saturated rings. The van der Waals surface area contributed by atoms with Crippen LogP contribution in [0.25, 0.3) is 0 Å². The van der Waals surface area contributed by atoms with Crippen LogP contribution in [0.3, 0.4) is 0 Å². The third-order valence-corrected chi connectivity index (χ3v) is 1.51. The predicted molar refractivity (Wildman–Crippen MR) is 45.0 cm³/mol. The van der Waals surface area contributed by atoms with E-state index in [-0.39, 0.29) is 12.1 Å². The summed E-state index contributed by atoms with van der Waals surface area (Å²) >= 11 is 0. The van der Waals surface area contributed by atoms with Gasteiger partial charge in [0, 0.05) is 14.0 Å². The molecule has 0 saturated carbocycles. The number of aromatic nitrogens is 2. The summed E-state index contributed by atoms with van der Waals surface area (Å²) in [6.07, 6.45) is 0. The second kappa shape index (κ2) is 3.88. The number of hydrogen-bond donors (Lipinski definition) is 2. The van der Waals surface area contributed by atoms with Crippen LogP contribution >= 0.6 is 0 Å². The minimum absolute atomic E-state index is 0.252. The van der Waals surface area contributed by atoms with Crippen LogP contribution in [0.5, 0.6) is 0 Å². The first kappa shape index (κ1) is 9.50. The predicted octanol–water partition coefficient (Wildman–Crippen LogP) is 0.368. The molecule has 0 saturated heterocycles. The summed E-state index contributed by atoms with van der Waals surface area (Å²) in [7, 11) is 1.55. The normalized spacial score (nSPS) is 12.2. The monoisotopic (exact) mass is 184 g/mol. The van der Waals surface area contributed by atoms with E-state index in [1.54, 1.807) is 20.9 Å². The molecule has 2 N–H and O–H groups in total. The van der Waals surface area contributed by atoms with Crippen molar-refractivity contribution in [1.82, 2.24) is 20.8 Å². The summed E-state index contributed by atoms with van der Waals surface area (Å²) in [4.78, 5) is 14.9. The van der Waals surface area contributed by atoms with E-state index in [4.69, 9.17) is 4.52 Å². The van der Waals surface area contributed by atoms with Gasteiger partial charge in [-0.05, 0) is 6.92 Å². The number of carbonyl (C=O) groups is 1. The maximum absolute atomic E-state index is 10.9. The highest BCUT2D eigenvalue weighted by Gasteiger charge is 2.13. The standard InChI is InChI=1S/C7H12N4O2/c1-4(9-7(12)8-3)6-10-5(2)13-11-6/h4H,1-3H3,(H2,8,9,12). The number of nitrogens with zero attached hydrogens (tertiary/aromatic N) is 2. The summed E-state index contributed by atoms with van der Waals surface area (Å²) < 4.78 is 4.77. The van der Waals surface area contributed by atoms with Gasteiger partial charge in [0.15, 0.2) is 5.82 Å². The average Bonchev–Trinajstić information content (AvgIpc) is 2.51. The number of aryl methyl sites for hydroxylation is 1. The van der Waals surface area contributed by atoms with Crippen LogP contribution in [0.15, 0.2) is 4.52 Å². The SMILES string of the molecule is CNC(=O)NC(C)c1noc(C)n1. The fraction of sp³-hybridized carbons (Fsp3) is 0.571. The molecule has 2 amide bonds. The van der Waals surface area contributed by atoms with E-state index in [2.05, 4.69) is 20.8 Å². The summed E-state index contributed by atoms with van der Waals surface area (Å²) in [6.45, 7) is 3.47. The smallest absolute Gasteiger partial charge is 0.315 e. The van der Waals surface area contributed by atoms with Crippen LogP contribution in [-0.2, 0) is 0 Å². The molecular weight excluding hydrogens is 172 g/mol. The molecular formula is C7H12N4O2. The van der Waals surface area contributed by atoms with Gasteiger partial charge in [0.1, 0.15) is 0 Å². The molecule has 0 spiro atoms. The topological polar surface area (TPSA) is 80.0 Å². The van der Waals surface area contributed by atoms with Gasteiger partial charge in [0.05, 0.1) is 6.04 Å². The van der Waals surface area contributed by atoms with E-state index in [9.17, 15) is 4.79 Å². The fourth-order valence-electron chi connectivity index (χ4n) is 0.824. The van der Waals surface area contributed by atoms with Gasteiger partial charge in [0.25, 0.3) is 0 Å². The number of rotatable bonds is 2. The lowest BCUT2D eigenvalue weighted by Crippen LogP contribution is -2.34.